The monoisotopic (exact) mass is 194 g/mol. The van der Waals surface area contributed by atoms with Crippen molar-refractivity contribution in [2.24, 2.45) is 0 Å². The van der Waals surface area contributed by atoms with Crippen LogP contribution in [-0.4, -0.2) is 22.0 Å². The molecule has 4 heteroatoms. The summed E-state index contributed by atoms with van der Waals surface area (Å²) in [6, 6.07) is 8.47. The lowest BCUT2D eigenvalue weighted by Crippen LogP contribution is -2.15. The van der Waals surface area contributed by atoms with Crippen molar-refractivity contribution >= 4 is 11.8 Å². The van der Waals surface area contributed by atoms with E-state index in [0.29, 0.717) is 5.56 Å². The molecule has 0 aromatic heterocycles. The first-order chi connectivity index (χ1) is 6.61. The molecule has 1 aromatic rings. The first-order valence-corrected chi connectivity index (χ1v) is 4.10. The van der Waals surface area contributed by atoms with Gasteiger partial charge in [0.05, 0.1) is 6.10 Å². The predicted octanol–water partition coefficient (Wildman–Crippen LogP) is 0.764. The molecule has 0 fully saturated rings. The molecule has 0 saturated heterocycles. The zero-order valence-electron chi connectivity index (χ0n) is 7.38. The van der Waals surface area contributed by atoms with Crippen LogP contribution in [0, 0.1) is 0 Å². The summed E-state index contributed by atoms with van der Waals surface area (Å²) in [5.41, 5.74) is 0.544. The van der Waals surface area contributed by atoms with Gasteiger partial charge in [0, 0.05) is 6.42 Å². The van der Waals surface area contributed by atoms with Crippen LogP contribution in [0.25, 0.3) is 0 Å². The zero-order chi connectivity index (χ0) is 10.6. The normalized spacial score (nSPS) is 12.1. The topological polar surface area (TPSA) is 74.6 Å². The molecule has 0 aliphatic rings. The molecular formula is C10H10O4. The maximum Gasteiger partial charge on any atom is 0.372 e. The molecule has 0 unspecified atom stereocenters. The number of aliphatic hydroxyl groups is 1. The molecule has 1 rings (SSSR count). The van der Waals surface area contributed by atoms with E-state index in [0.717, 1.165) is 0 Å². The second-order valence-corrected chi connectivity index (χ2v) is 2.86. The molecule has 0 bridgehead atoms. The highest BCUT2D eigenvalue weighted by Gasteiger charge is 2.17. The molecule has 4 nitrogen and oxygen atoms in total. The SMILES string of the molecule is O=C(O)C(=O)C[C@H](O)c1ccccc1. The van der Waals surface area contributed by atoms with Gasteiger partial charge in [0.15, 0.2) is 0 Å². The van der Waals surface area contributed by atoms with Gasteiger partial charge in [0.1, 0.15) is 0 Å². The Labute approximate surface area is 80.8 Å². The summed E-state index contributed by atoms with van der Waals surface area (Å²) < 4.78 is 0. The van der Waals surface area contributed by atoms with Crippen molar-refractivity contribution in [1.82, 2.24) is 0 Å². The van der Waals surface area contributed by atoms with E-state index in [2.05, 4.69) is 0 Å². The second-order valence-electron chi connectivity index (χ2n) is 2.86. The number of ketones is 1. The van der Waals surface area contributed by atoms with Gasteiger partial charge in [0.25, 0.3) is 0 Å². The van der Waals surface area contributed by atoms with Crippen LogP contribution in [0.2, 0.25) is 0 Å². The molecule has 0 heterocycles. The Morgan fingerprint density at radius 1 is 1.21 bits per heavy atom. The summed E-state index contributed by atoms with van der Waals surface area (Å²) in [5, 5.41) is 17.8. The molecule has 0 saturated carbocycles. The Morgan fingerprint density at radius 2 is 1.79 bits per heavy atom. The van der Waals surface area contributed by atoms with E-state index in [9.17, 15) is 14.7 Å². The van der Waals surface area contributed by atoms with E-state index >= 15 is 0 Å². The number of hydrogen-bond acceptors (Lipinski definition) is 3. The van der Waals surface area contributed by atoms with Crippen LogP contribution in [0.1, 0.15) is 18.1 Å². The number of carbonyl (C=O) groups is 2. The molecule has 0 spiro atoms. The van der Waals surface area contributed by atoms with Gasteiger partial charge < -0.3 is 10.2 Å². The van der Waals surface area contributed by atoms with E-state index in [1.165, 1.54) is 0 Å². The maximum atomic E-state index is 10.8. The summed E-state index contributed by atoms with van der Waals surface area (Å²) in [6.45, 7) is 0. The fourth-order valence-electron chi connectivity index (χ4n) is 1.06. The highest BCUT2D eigenvalue weighted by atomic mass is 16.4. The van der Waals surface area contributed by atoms with Gasteiger partial charge in [-0.15, -0.1) is 0 Å². The fraction of sp³-hybridized carbons (Fsp3) is 0.200. The lowest BCUT2D eigenvalue weighted by atomic mass is 10.0. The van der Waals surface area contributed by atoms with Gasteiger partial charge in [-0.1, -0.05) is 30.3 Å². The molecule has 1 aromatic carbocycles. The largest absolute Gasteiger partial charge is 0.475 e. The highest BCUT2D eigenvalue weighted by Crippen LogP contribution is 2.15. The van der Waals surface area contributed by atoms with Gasteiger partial charge in [-0.2, -0.15) is 0 Å². The Morgan fingerprint density at radius 3 is 2.29 bits per heavy atom. The Kier molecular flexibility index (Phi) is 3.36. The molecule has 1 atom stereocenters. The minimum atomic E-state index is -1.51. The average Bonchev–Trinajstić information content (AvgIpc) is 2.19. The quantitative estimate of drug-likeness (QED) is 0.694. The molecular weight excluding hydrogens is 184 g/mol. The van der Waals surface area contributed by atoms with Gasteiger partial charge in [0.2, 0.25) is 5.78 Å². The van der Waals surface area contributed by atoms with Crippen LogP contribution < -0.4 is 0 Å². The van der Waals surface area contributed by atoms with Crippen LogP contribution in [0.5, 0.6) is 0 Å². The predicted molar refractivity (Wildman–Crippen MR) is 48.7 cm³/mol. The fourth-order valence-corrected chi connectivity index (χ4v) is 1.06. The number of rotatable bonds is 4. The summed E-state index contributed by atoms with van der Waals surface area (Å²) in [5.74, 6) is -2.50. The third-order valence-corrected chi connectivity index (χ3v) is 1.80. The van der Waals surface area contributed by atoms with Crippen LogP contribution in [0.3, 0.4) is 0 Å². The van der Waals surface area contributed by atoms with Crippen molar-refractivity contribution in [3.63, 3.8) is 0 Å². The summed E-state index contributed by atoms with van der Waals surface area (Å²) in [6.07, 6.45) is -1.43. The Balaban J connectivity index is 2.64. The summed E-state index contributed by atoms with van der Waals surface area (Å²) >= 11 is 0. The van der Waals surface area contributed by atoms with E-state index in [4.69, 9.17) is 5.11 Å². The number of carbonyl (C=O) groups excluding carboxylic acids is 1. The number of carboxylic acids is 1. The minimum absolute atomic E-state index is 0.390. The molecule has 14 heavy (non-hydrogen) atoms. The molecule has 2 N–H and O–H groups in total. The van der Waals surface area contributed by atoms with Gasteiger partial charge in [-0.25, -0.2) is 4.79 Å². The van der Waals surface area contributed by atoms with Crippen molar-refractivity contribution in [2.75, 3.05) is 0 Å². The highest BCUT2D eigenvalue weighted by molar-refractivity contribution is 6.32. The molecule has 0 amide bonds. The number of carboxylic acid groups (broad SMARTS) is 1. The lowest BCUT2D eigenvalue weighted by Gasteiger charge is -2.07. The molecule has 74 valence electrons. The molecule has 0 radical (unpaired) electrons. The van der Waals surface area contributed by atoms with E-state index in [1.807, 2.05) is 0 Å². The second kappa shape index (κ2) is 4.53. The number of benzene rings is 1. The number of Topliss-reactive ketones (excluding diaryl/α,β-unsaturated/α-hetero) is 1. The van der Waals surface area contributed by atoms with Crippen molar-refractivity contribution in [3.8, 4) is 0 Å². The van der Waals surface area contributed by atoms with E-state index in [1.54, 1.807) is 30.3 Å². The standard InChI is InChI=1S/C10H10O4/c11-8(6-9(12)10(13)14)7-4-2-1-3-5-7/h1-5,8,11H,6H2,(H,13,14)/t8-/m0/s1. The summed E-state index contributed by atoms with van der Waals surface area (Å²) in [7, 11) is 0. The van der Waals surface area contributed by atoms with Gasteiger partial charge >= 0.3 is 5.97 Å². The van der Waals surface area contributed by atoms with Crippen molar-refractivity contribution in [1.29, 1.82) is 0 Å². The average molecular weight is 194 g/mol. The number of aliphatic hydroxyl groups excluding tert-OH is 1. The van der Waals surface area contributed by atoms with Crippen molar-refractivity contribution < 1.29 is 19.8 Å². The van der Waals surface area contributed by atoms with Gasteiger partial charge in [-0.05, 0) is 5.56 Å². The van der Waals surface area contributed by atoms with E-state index in [-0.39, 0.29) is 6.42 Å². The van der Waals surface area contributed by atoms with Crippen LogP contribution in [0.15, 0.2) is 30.3 Å². The molecule has 0 aliphatic carbocycles. The Bertz CT molecular complexity index is 331. The van der Waals surface area contributed by atoms with Gasteiger partial charge in [-0.3, -0.25) is 4.79 Å². The third kappa shape index (κ3) is 2.67. The lowest BCUT2D eigenvalue weighted by molar-refractivity contribution is -0.150. The third-order valence-electron chi connectivity index (χ3n) is 1.80. The van der Waals surface area contributed by atoms with E-state index < -0.39 is 17.9 Å². The molecule has 0 aliphatic heterocycles. The number of aliphatic carboxylic acids is 1. The number of hydrogen-bond donors (Lipinski definition) is 2. The minimum Gasteiger partial charge on any atom is -0.475 e. The smallest absolute Gasteiger partial charge is 0.372 e. The first-order valence-electron chi connectivity index (χ1n) is 4.10. The van der Waals surface area contributed by atoms with Crippen LogP contribution in [-0.2, 0) is 9.59 Å². The van der Waals surface area contributed by atoms with Crippen LogP contribution >= 0.6 is 0 Å². The van der Waals surface area contributed by atoms with Crippen LogP contribution in [0.4, 0.5) is 0 Å². The Hall–Kier alpha value is -1.68. The van der Waals surface area contributed by atoms with Crippen molar-refractivity contribution in [2.45, 2.75) is 12.5 Å². The summed E-state index contributed by atoms with van der Waals surface area (Å²) in [4.78, 5) is 21.0. The maximum absolute atomic E-state index is 10.8. The van der Waals surface area contributed by atoms with Crippen molar-refractivity contribution in [3.05, 3.63) is 35.9 Å². The zero-order valence-corrected chi connectivity index (χ0v) is 7.38. The first kappa shape index (κ1) is 10.4.